The molecule has 0 aliphatic rings. The Hall–Kier alpha value is -3.00. The molecule has 8 heteroatoms. The molecule has 0 saturated carbocycles. The van der Waals surface area contributed by atoms with Gasteiger partial charge in [0.25, 0.3) is 0 Å². The number of benzene rings is 1. The van der Waals surface area contributed by atoms with E-state index in [1.54, 1.807) is 32.9 Å². The number of hydrogen-bond donors (Lipinski definition) is 1. The average Bonchev–Trinajstić information content (AvgIpc) is 2.66. The largest absolute Gasteiger partial charge is 0.573 e. The molecule has 3 aromatic rings. The molecule has 4 nitrogen and oxygen atoms in total. The van der Waals surface area contributed by atoms with Crippen LogP contribution in [0.15, 0.2) is 61.1 Å². The van der Waals surface area contributed by atoms with Gasteiger partial charge in [0, 0.05) is 28.9 Å². The molecule has 1 N–H and O–H groups in total. The van der Waals surface area contributed by atoms with Crippen molar-refractivity contribution in [3.63, 3.8) is 0 Å². The summed E-state index contributed by atoms with van der Waals surface area (Å²) in [5, 5.41) is 11.5. The van der Waals surface area contributed by atoms with Crippen LogP contribution in [0.1, 0.15) is 32.0 Å². The molecule has 2 heterocycles. The molecule has 0 spiro atoms. The molecule has 0 aliphatic heterocycles. The van der Waals surface area contributed by atoms with Gasteiger partial charge in [-0.3, -0.25) is 9.97 Å². The van der Waals surface area contributed by atoms with Crippen LogP contribution in [0.3, 0.4) is 0 Å². The molecule has 0 bridgehead atoms. The van der Waals surface area contributed by atoms with Gasteiger partial charge in [0.2, 0.25) is 0 Å². The Labute approximate surface area is 171 Å². The molecule has 3 rings (SSSR count). The van der Waals surface area contributed by atoms with Crippen molar-refractivity contribution in [1.29, 1.82) is 0 Å². The molecule has 0 aliphatic carbocycles. The summed E-state index contributed by atoms with van der Waals surface area (Å²) in [4.78, 5) is 8.20. The lowest BCUT2D eigenvalue weighted by Crippen LogP contribution is -2.42. The highest BCUT2D eigenvalue weighted by Crippen LogP contribution is 2.44. The van der Waals surface area contributed by atoms with Gasteiger partial charge in [0.1, 0.15) is 17.2 Å². The highest BCUT2D eigenvalue weighted by atomic mass is 19.4. The van der Waals surface area contributed by atoms with Gasteiger partial charge in [-0.1, -0.05) is 39.0 Å². The number of rotatable bonds is 4. The van der Waals surface area contributed by atoms with Gasteiger partial charge in [-0.25, -0.2) is 4.39 Å². The van der Waals surface area contributed by atoms with Crippen LogP contribution in [0.4, 0.5) is 17.6 Å². The van der Waals surface area contributed by atoms with Gasteiger partial charge in [0.05, 0.1) is 11.9 Å². The maximum absolute atomic E-state index is 13.7. The number of nitrogens with zero attached hydrogens (tertiary/aromatic N) is 2. The second kappa shape index (κ2) is 7.68. The van der Waals surface area contributed by atoms with Crippen LogP contribution >= 0.6 is 0 Å². The normalized spacial score (nSPS) is 14.3. The second-order valence-electron chi connectivity index (χ2n) is 7.86. The van der Waals surface area contributed by atoms with Gasteiger partial charge < -0.3 is 9.84 Å². The predicted octanol–water partition coefficient (Wildman–Crippen LogP) is 5.46. The summed E-state index contributed by atoms with van der Waals surface area (Å²) in [6.45, 7) is 5.40. The number of ether oxygens (including phenoxy) is 1. The molecule has 1 aromatic carbocycles. The van der Waals surface area contributed by atoms with Crippen molar-refractivity contribution < 1.29 is 27.4 Å². The van der Waals surface area contributed by atoms with Crippen LogP contribution in [0, 0.1) is 11.2 Å². The van der Waals surface area contributed by atoms with E-state index in [0.29, 0.717) is 16.8 Å². The fraction of sp³-hybridized carbons (Fsp3) is 0.273. The monoisotopic (exact) mass is 420 g/mol. The van der Waals surface area contributed by atoms with Crippen LogP contribution in [0.25, 0.3) is 11.1 Å². The first-order chi connectivity index (χ1) is 13.9. The van der Waals surface area contributed by atoms with Crippen LogP contribution in [0.2, 0.25) is 0 Å². The number of alkyl halides is 3. The Balaban J connectivity index is 1.95. The number of aromatic nitrogens is 2. The quantitative estimate of drug-likeness (QED) is 0.569. The molecule has 0 fully saturated rings. The first kappa shape index (κ1) is 21.7. The molecule has 1 atom stereocenters. The Morgan fingerprint density at radius 1 is 0.867 bits per heavy atom. The summed E-state index contributed by atoms with van der Waals surface area (Å²) in [5.74, 6) is -0.899. The first-order valence-electron chi connectivity index (χ1n) is 9.06. The van der Waals surface area contributed by atoms with Gasteiger partial charge >= 0.3 is 6.36 Å². The molecule has 2 aromatic heterocycles. The third-order valence-electron chi connectivity index (χ3n) is 4.76. The molecule has 30 heavy (non-hydrogen) atoms. The van der Waals surface area contributed by atoms with Gasteiger partial charge in [-0.15, -0.1) is 13.2 Å². The Morgan fingerprint density at radius 3 is 2.00 bits per heavy atom. The molecule has 158 valence electrons. The van der Waals surface area contributed by atoms with Crippen molar-refractivity contribution in [2.75, 3.05) is 0 Å². The minimum absolute atomic E-state index is 0.268. The Bertz CT molecular complexity index is 1010. The molecular weight excluding hydrogens is 400 g/mol. The zero-order chi connectivity index (χ0) is 22.2. The number of hydrogen-bond acceptors (Lipinski definition) is 4. The average molecular weight is 420 g/mol. The smallest absolute Gasteiger partial charge is 0.406 e. The Morgan fingerprint density at radius 2 is 1.50 bits per heavy atom. The fourth-order valence-corrected chi connectivity index (χ4v) is 3.20. The maximum Gasteiger partial charge on any atom is 0.573 e. The van der Waals surface area contributed by atoms with Gasteiger partial charge in [-0.2, -0.15) is 0 Å². The number of pyridine rings is 2. The molecule has 0 amide bonds. The lowest BCUT2D eigenvalue weighted by molar-refractivity contribution is -0.274. The van der Waals surface area contributed by atoms with E-state index in [9.17, 15) is 22.7 Å². The topological polar surface area (TPSA) is 55.2 Å². The predicted molar refractivity (Wildman–Crippen MR) is 103 cm³/mol. The SMILES string of the molecule is CC(C)(C)C(O)(c1cncc(F)c1)c1ccc(-c2ccc(OC(F)(F)F)cc2)cn1. The first-order valence-corrected chi connectivity index (χ1v) is 9.06. The van der Waals surface area contributed by atoms with E-state index in [2.05, 4.69) is 14.7 Å². The van der Waals surface area contributed by atoms with Crippen molar-refractivity contribution in [3.8, 4) is 16.9 Å². The summed E-state index contributed by atoms with van der Waals surface area (Å²) in [6.07, 6.45) is -0.815. The van der Waals surface area contributed by atoms with Crippen LogP contribution in [0.5, 0.6) is 5.75 Å². The highest BCUT2D eigenvalue weighted by Gasteiger charge is 2.45. The van der Waals surface area contributed by atoms with Crippen molar-refractivity contribution in [2.24, 2.45) is 5.41 Å². The summed E-state index contributed by atoms with van der Waals surface area (Å²) in [5.41, 5.74) is -0.549. The van der Waals surface area contributed by atoms with Crippen LogP contribution in [-0.2, 0) is 5.60 Å². The third kappa shape index (κ3) is 4.43. The number of halogens is 4. The van der Waals surface area contributed by atoms with Crippen LogP contribution in [-0.4, -0.2) is 21.4 Å². The van der Waals surface area contributed by atoms with Crippen molar-refractivity contribution in [1.82, 2.24) is 9.97 Å². The van der Waals surface area contributed by atoms with E-state index in [0.717, 1.165) is 6.20 Å². The maximum atomic E-state index is 13.7. The van der Waals surface area contributed by atoms with Gasteiger partial charge in [0.15, 0.2) is 0 Å². The highest BCUT2D eigenvalue weighted by molar-refractivity contribution is 5.63. The van der Waals surface area contributed by atoms with E-state index in [-0.39, 0.29) is 11.3 Å². The van der Waals surface area contributed by atoms with Gasteiger partial charge in [-0.05, 0) is 29.8 Å². The summed E-state index contributed by atoms with van der Waals surface area (Å²) in [6, 6.07) is 9.87. The molecule has 0 saturated heterocycles. The fourth-order valence-electron chi connectivity index (χ4n) is 3.20. The van der Waals surface area contributed by atoms with E-state index in [4.69, 9.17) is 0 Å². The Kier molecular flexibility index (Phi) is 5.56. The van der Waals surface area contributed by atoms with E-state index < -0.39 is 23.2 Å². The molecular formula is C22H20F4N2O2. The van der Waals surface area contributed by atoms with E-state index in [1.807, 2.05) is 0 Å². The summed E-state index contributed by atoms with van der Waals surface area (Å²) >= 11 is 0. The zero-order valence-electron chi connectivity index (χ0n) is 16.5. The van der Waals surface area contributed by atoms with E-state index in [1.165, 1.54) is 42.7 Å². The summed E-state index contributed by atoms with van der Waals surface area (Å²) < 4.78 is 54.5. The number of aliphatic hydroxyl groups is 1. The lowest BCUT2D eigenvalue weighted by Gasteiger charge is -2.40. The van der Waals surface area contributed by atoms with Crippen molar-refractivity contribution in [2.45, 2.75) is 32.7 Å². The zero-order valence-corrected chi connectivity index (χ0v) is 16.5. The second-order valence-corrected chi connectivity index (χ2v) is 7.86. The lowest BCUT2D eigenvalue weighted by atomic mass is 9.70. The molecule has 0 radical (unpaired) electrons. The van der Waals surface area contributed by atoms with E-state index >= 15 is 0 Å². The minimum atomic E-state index is -4.76. The summed E-state index contributed by atoms with van der Waals surface area (Å²) in [7, 11) is 0. The molecule has 1 unspecified atom stereocenters. The van der Waals surface area contributed by atoms with Crippen molar-refractivity contribution >= 4 is 0 Å². The standard InChI is InChI=1S/C22H20F4N2O2/c1-20(2,3)21(29,16-10-17(23)13-27-12-16)19-9-6-15(11-28-19)14-4-7-18(8-5-14)30-22(24,25)26/h4-13,29H,1-3H3. The van der Waals surface area contributed by atoms with Crippen molar-refractivity contribution in [3.05, 3.63) is 78.1 Å². The third-order valence-corrected chi connectivity index (χ3v) is 4.76. The minimum Gasteiger partial charge on any atom is -0.406 e. The van der Waals surface area contributed by atoms with Crippen LogP contribution < -0.4 is 4.74 Å².